The van der Waals surface area contributed by atoms with Crippen LogP contribution in [0.25, 0.3) is 45.6 Å². The SMILES string of the molecule is c1ccc(-c2ccc(-c3nc(-c4ccncc4)nc(-c4ccccn4)n3)cc2)nc1. The minimum absolute atomic E-state index is 0.529. The van der Waals surface area contributed by atoms with Crippen molar-refractivity contribution in [2.45, 2.75) is 0 Å². The fourth-order valence-electron chi connectivity index (χ4n) is 3.07. The van der Waals surface area contributed by atoms with Crippen LogP contribution >= 0.6 is 0 Å². The summed E-state index contributed by atoms with van der Waals surface area (Å²) in [6.07, 6.45) is 6.96. The first kappa shape index (κ1) is 17.8. The molecule has 5 rings (SSSR count). The van der Waals surface area contributed by atoms with E-state index in [1.165, 1.54) is 0 Å². The van der Waals surface area contributed by atoms with E-state index in [9.17, 15) is 0 Å². The van der Waals surface area contributed by atoms with Gasteiger partial charge in [0.2, 0.25) is 0 Å². The molecule has 0 aliphatic rings. The molecule has 0 aliphatic carbocycles. The van der Waals surface area contributed by atoms with Gasteiger partial charge in [-0.3, -0.25) is 15.0 Å². The number of rotatable bonds is 4. The van der Waals surface area contributed by atoms with E-state index >= 15 is 0 Å². The predicted molar refractivity (Wildman–Crippen MR) is 115 cm³/mol. The zero-order valence-electron chi connectivity index (χ0n) is 15.9. The molecule has 0 amide bonds. The second-order valence-electron chi connectivity index (χ2n) is 6.55. The van der Waals surface area contributed by atoms with Crippen molar-refractivity contribution in [3.8, 4) is 45.6 Å². The number of benzene rings is 1. The van der Waals surface area contributed by atoms with Gasteiger partial charge in [0.05, 0.1) is 5.69 Å². The molecular weight excluding hydrogens is 372 g/mol. The summed E-state index contributed by atoms with van der Waals surface area (Å²) in [5, 5.41) is 0. The Morgan fingerprint density at radius 2 is 0.933 bits per heavy atom. The average Bonchev–Trinajstić information content (AvgIpc) is 2.85. The first-order chi connectivity index (χ1) is 14.9. The number of aromatic nitrogens is 6. The molecule has 5 aromatic rings. The van der Waals surface area contributed by atoms with Crippen LogP contribution in [0.5, 0.6) is 0 Å². The van der Waals surface area contributed by atoms with Crippen LogP contribution in [0.15, 0.2) is 97.6 Å². The molecule has 4 aromatic heterocycles. The Labute approximate surface area is 173 Å². The van der Waals surface area contributed by atoms with Crippen LogP contribution in [0.1, 0.15) is 0 Å². The number of hydrogen-bond acceptors (Lipinski definition) is 6. The molecule has 0 saturated carbocycles. The third kappa shape index (κ3) is 3.66. The Kier molecular flexibility index (Phi) is 4.72. The summed E-state index contributed by atoms with van der Waals surface area (Å²) in [5.41, 5.74) is 4.42. The number of pyridine rings is 3. The Hall–Kier alpha value is -4.32. The van der Waals surface area contributed by atoms with E-state index in [4.69, 9.17) is 4.98 Å². The zero-order valence-corrected chi connectivity index (χ0v) is 15.9. The molecule has 142 valence electrons. The lowest BCUT2D eigenvalue weighted by atomic mass is 10.1. The molecule has 30 heavy (non-hydrogen) atoms. The summed E-state index contributed by atoms with van der Waals surface area (Å²) in [5.74, 6) is 1.70. The highest BCUT2D eigenvalue weighted by molar-refractivity contribution is 5.68. The van der Waals surface area contributed by atoms with Gasteiger partial charge in [-0.2, -0.15) is 0 Å². The van der Waals surface area contributed by atoms with Gasteiger partial charge < -0.3 is 0 Å². The summed E-state index contributed by atoms with van der Waals surface area (Å²) in [7, 11) is 0. The molecule has 0 fully saturated rings. The normalized spacial score (nSPS) is 10.7. The predicted octanol–water partition coefficient (Wildman–Crippen LogP) is 4.72. The second kappa shape index (κ2) is 7.97. The van der Waals surface area contributed by atoms with Crippen molar-refractivity contribution in [3.63, 3.8) is 0 Å². The molecule has 0 aliphatic heterocycles. The van der Waals surface area contributed by atoms with E-state index in [-0.39, 0.29) is 0 Å². The quantitative estimate of drug-likeness (QED) is 0.443. The van der Waals surface area contributed by atoms with Crippen LogP contribution in [0.3, 0.4) is 0 Å². The molecule has 1 aromatic carbocycles. The largest absolute Gasteiger partial charge is 0.265 e. The van der Waals surface area contributed by atoms with Crippen molar-refractivity contribution in [1.82, 2.24) is 29.9 Å². The maximum absolute atomic E-state index is 4.71. The van der Waals surface area contributed by atoms with Crippen molar-refractivity contribution in [3.05, 3.63) is 97.6 Å². The summed E-state index contributed by atoms with van der Waals surface area (Å²) in [6.45, 7) is 0. The van der Waals surface area contributed by atoms with Crippen molar-refractivity contribution in [2.75, 3.05) is 0 Å². The zero-order chi connectivity index (χ0) is 20.2. The van der Waals surface area contributed by atoms with E-state index in [0.29, 0.717) is 23.2 Å². The standard InChI is InChI=1S/C24H16N6/c1-3-13-26-20(5-1)17-7-9-18(10-8-17)22-28-23(19-11-15-25-16-12-19)30-24(29-22)21-6-2-4-14-27-21/h1-16H. The highest BCUT2D eigenvalue weighted by Gasteiger charge is 2.13. The fourth-order valence-corrected chi connectivity index (χ4v) is 3.07. The van der Waals surface area contributed by atoms with Gasteiger partial charge in [-0.25, -0.2) is 15.0 Å². The molecule has 0 atom stereocenters. The minimum Gasteiger partial charge on any atom is -0.265 e. The third-order valence-corrected chi connectivity index (χ3v) is 4.57. The van der Waals surface area contributed by atoms with E-state index in [2.05, 4.69) is 24.9 Å². The Balaban J connectivity index is 1.60. The van der Waals surface area contributed by atoms with E-state index in [1.54, 1.807) is 24.8 Å². The molecule has 0 unspecified atom stereocenters. The summed E-state index contributed by atoms with van der Waals surface area (Å²) >= 11 is 0. The van der Waals surface area contributed by atoms with Crippen LogP contribution in [-0.4, -0.2) is 29.9 Å². The monoisotopic (exact) mass is 388 g/mol. The lowest BCUT2D eigenvalue weighted by molar-refractivity contribution is 1.06. The summed E-state index contributed by atoms with van der Waals surface area (Å²) in [4.78, 5) is 26.9. The van der Waals surface area contributed by atoms with Gasteiger partial charge in [-0.05, 0) is 36.4 Å². The lowest BCUT2D eigenvalue weighted by Crippen LogP contribution is -2.01. The van der Waals surface area contributed by atoms with Crippen LogP contribution in [0, 0.1) is 0 Å². The first-order valence-corrected chi connectivity index (χ1v) is 9.46. The summed E-state index contributed by atoms with van der Waals surface area (Å²) in [6, 6.07) is 23.3. The van der Waals surface area contributed by atoms with Gasteiger partial charge in [0.1, 0.15) is 5.69 Å². The van der Waals surface area contributed by atoms with Crippen LogP contribution in [-0.2, 0) is 0 Å². The van der Waals surface area contributed by atoms with Crippen molar-refractivity contribution < 1.29 is 0 Å². The Bertz CT molecular complexity index is 1200. The highest BCUT2D eigenvalue weighted by Crippen LogP contribution is 2.25. The fraction of sp³-hybridized carbons (Fsp3) is 0. The average molecular weight is 388 g/mol. The maximum atomic E-state index is 4.71. The summed E-state index contributed by atoms with van der Waals surface area (Å²) < 4.78 is 0. The van der Waals surface area contributed by atoms with Crippen molar-refractivity contribution in [2.24, 2.45) is 0 Å². The Morgan fingerprint density at radius 1 is 0.400 bits per heavy atom. The van der Waals surface area contributed by atoms with Gasteiger partial charge in [0, 0.05) is 41.5 Å². The van der Waals surface area contributed by atoms with Crippen LogP contribution in [0.2, 0.25) is 0 Å². The van der Waals surface area contributed by atoms with Gasteiger partial charge in [0.25, 0.3) is 0 Å². The highest BCUT2D eigenvalue weighted by atomic mass is 15.0. The maximum Gasteiger partial charge on any atom is 0.182 e. The topological polar surface area (TPSA) is 77.3 Å². The molecule has 0 bridgehead atoms. The number of hydrogen-bond donors (Lipinski definition) is 0. The lowest BCUT2D eigenvalue weighted by Gasteiger charge is -2.08. The minimum atomic E-state index is 0.529. The van der Waals surface area contributed by atoms with Gasteiger partial charge >= 0.3 is 0 Å². The van der Waals surface area contributed by atoms with Crippen LogP contribution < -0.4 is 0 Å². The van der Waals surface area contributed by atoms with Crippen molar-refractivity contribution in [1.29, 1.82) is 0 Å². The third-order valence-electron chi connectivity index (χ3n) is 4.57. The van der Waals surface area contributed by atoms with E-state index in [0.717, 1.165) is 22.4 Å². The smallest absolute Gasteiger partial charge is 0.182 e. The van der Waals surface area contributed by atoms with Crippen molar-refractivity contribution >= 4 is 0 Å². The van der Waals surface area contributed by atoms with E-state index < -0.39 is 0 Å². The Morgan fingerprint density at radius 3 is 1.53 bits per heavy atom. The first-order valence-electron chi connectivity index (χ1n) is 9.46. The molecule has 6 heteroatoms. The number of nitrogens with zero attached hydrogens (tertiary/aromatic N) is 6. The van der Waals surface area contributed by atoms with Crippen LogP contribution in [0.4, 0.5) is 0 Å². The van der Waals surface area contributed by atoms with Gasteiger partial charge in [-0.1, -0.05) is 36.4 Å². The second-order valence-corrected chi connectivity index (χ2v) is 6.55. The molecule has 0 N–H and O–H groups in total. The molecule has 0 radical (unpaired) electrons. The molecule has 0 spiro atoms. The molecule has 6 nitrogen and oxygen atoms in total. The molecular formula is C24H16N6. The van der Waals surface area contributed by atoms with Gasteiger partial charge in [0.15, 0.2) is 17.5 Å². The molecule has 0 saturated heterocycles. The van der Waals surface area contributed by atoms with Gasteiger partial charge in [-0.15, -0.1) is 0 Å². The molecule has 4 heterocycles. The van der Waals surface area contributed by atoms with E-state index in [1.807, 2.05) is 72.8 Å².